The number of halogens is 1. The maximum absolute atomic E-state index is 11.9. The molecule has 0 unspecified atom stereocenters. The highest BCUT2D eigenvalue weighted by atomic mass is 79.9. The molecule has 0 aliphatic heterocycles. The second-order valence-electron chi connectivity index (χ2n) is 4.81. The lowest BCUT2D eigenvalue weighted by Gasteiger charge is -2.17. The Kier molecular flexibility index (Phi) is 2.62. The molecule has 0 amide bonds. The molecule has 2 rings (SSSR count). The van der Waals surface area contributed by atoms with Crippen LogP contribution in [-0.4, -0.2) is 9.38 Å². The van der Waals surface area contributed by atoms with Crippen LogP contribution in [0.15, 0.2) is 33.7 Å². The van der Waals surface area contributed by atoms with Crippen molar-refractivity contribution in [3.8, 4) is 0 Å². The van der Waals surface area contributed by atoms with Crippen LogP contribution < -0.4 is 5.56 Å². The maximum Gasteiger partial charge on any atom is 0.258 e. The SMILES string of the molecule is CC(C)(C)c1cc(=O)n2cc(Br)ccc2n1. The predicted molar refractivity (Wildman–Crippen MR) is 67.9 cm³/mol. The molecule has 0 saturated carbocycles. The van der Waals surface area contributed by atoms with E-state index in [4.69, 9.17) is 0 Å². The molecule has 2 heterocycles. The minimum atomic E-state index is -0.110. The van der Waals surface area contributed by atoms with Gasteiger partial charge in [0.25, 0.3) is 5.56 Å². The molecule has 0 spiro atoms. The lowest BCUT2D eigenvalue weighted by Crippen LogP contribution is -2.21. The van der Waals surface area contributed by atoms with E-state index in [9.17, 15) is 4.79 Å². The molecule has 0 saturated heterocycles. The average molecular weight is 281 g/mol. The minimum Gasteiger partial charge on any atom is -0.269 e. The summed E-state index contributed by atoms with van der Waals surface area (Å²) in [4.78, 5) is 16.4. The first-order valence-corrected chi connectivity index (χ1v) is 5.87. The second kappa shape index (κ2) is 3.70. The molecule has 0 fully saturated rings. The molecule has 0 radical (unpaired) electrons. The highest BCUT2D eigenvalue weighted by Gasteiger charge is 2.17. The summed E-state index contributed by atoms with van der Waals surface area (Å²) < 4.78 is 2.41. The first-order valence-electron chi connectivity index (χ1n) is 5.07. The molecule has 3 nitrogen and oxygen atoms in total. The van der Waals surface area contributed by atoms with Crippen LogP contribution in [0, 0.1) is 0 Å². The van der Waals surface area contributed by atoms with Gasteiger partial charge in [-0.25, -0.2) is 4.98 Å². The van der Waals surface area contributed by atoms with Crippen molar-refractivity contribution in [3.63, 3.8) is 0 Å². The van der Waals surface area contributed by atoms with Gasteiger partial charge in [0, 0.05) is 22.2 Å². The molecule has 2 aromatic rings. The van der Waals surface area contributed by atoms with Gasteiger partial charge in [0.05, 0.1) is 5.69 Å². The number of aromatic nitrogens is 2. The molecule has 0 aromatic carbocycles. The number of pyridine rings is 1. The minimum absolute atomic E-state index is 0.0452. The zero-order valence-electron chi connectivity index (χ0n) is 9.49. The topological polar surface area (TPSA) is 34.4 Å². The monoisotopic (exact) mass is 280 g/mol. The van der Waals surface area contributed by atoms with E-state index in [1.165, 1.54) is 0 Å². The van der Waals surface area contributed by atoms with Crippen molar-refractivity contribution < 1.29 is 0 Å². The second-order valence-corrected chi connectivity index (χ2v) is 5.72. The van der Waals surface area contributed by atoms with Gasteiger partial charge >= 0.3 is 0 Å². The number of hydrogen-bond donors (Lipinski definition) is 0. The Bertz CT molecular complexity index is 596. The van der Waals surface area contributed by atoms with Crippen LogP contribution in [0.5, 0.6) is 0 Å². The van der Waals surface area contributed by atoms with Crippen molar-refractivity contribution in [2.45, 2.75) is 26.2 Å². The van der Waals surface area contributed by atoms with Crippen molar-refractivity contribution in [1.29, 1.82) is 0 Å². The standard InChI is InChI=1S/C12H13BrN2O/c1-12(2,3)9-6-11(16)15-7-8(13)4-5-10(15)14-9/h4-7H,1-3H3. The number of rotatable bonds is 0. The molecular weight excluding hydrogens is 268 g/mol. The summed E-state index contributed by atoms with van der Waals surface area (Å²) >= 11 is 3.34. The van der Waals surface area contributed by atoms with Gasteiger partial charge in [-0.2, -0.15) is 0 Å². The highest BCUT2D eigenvalue weighted by molar-refractivity contribution is 9.10. The van der Waals surface area contributed by atoms with E-state index in [2.05, 4.69) is 20.9 Å². The number of hydrogen-bond acceptors (Lipinski definition) is 2. The molecular formula is C12H13BrN2O. The van der Waals surface area contributed by atoms with Gasteiger partial charge in [-0.05, 0) is 28.1 Å². The Labute approximate surface area is 102 Å². The van der Waals surface area contributed by atoms with Crippen molar-refractivity contribution in [1.82, 2.24) is 9.38 Å². The third-order valence-electron chi connectivity index (χ3n) is 2.39. The van der Waals surface area contributed by atoms with E-state index in [0.29, 0.717) is 5.65 Å². The van der Waals surface area contributed by atoms with Crippen molar-refractivity contribution in [2.24, 2.45) is 0 Å². The number of fused-ring (bicyclic) bond motifs is 1. The van der Waals surface area contributed by atoms with E-state index >= 15 is 0 Å². The van der Waals surface area contributed by atoms with Crippen LogP contribution in [0.1, 0.15) is 26.5 Å². The fourth-order valence-electron chi connectivity index (χ4n) is 1.46. The van der Waals surface area contributed by atoms with Gasteiger partial charge in [0.1, 0.15) is 5.65 Å². The summed E-state index contributed by atoms with van der Waals surface area (Å²) in [6, 6.07) is 5.31. The molecule has 0 N–H and O–H groups in total. The fraction of sp³-hybridized carbons (Fsp3) is 0.333. The zero-order valence-corrected chi connectivity index (χ0v) is 11.1. The van der Waals surface area contributed by atoms with E-state index in [0.717, 1.165) is 10.2 Å². The molecule has 16 heavy (non-hydrogen) atoms. The van der Waals surface area contributed by atoms with Gasteiger partial charge < -0.3 is 0 Å². The summed E-state index contributed by atoms with van der Waals surface area (Å²) in [5, 5.41) is 0. The molecule has 84 valence electrons. The molecule has 0 atom stereocenters. The molecule has 2 aromatic heterocycles. The molecule has 0 bridgehead atoms. The number of nitrogens with zero attached hydrogens (tertiary/aromatic N) is 2. The third-order valence-corrected chi connectivity index (χ3v) is 2.86. The Morgan fingerprint density at radius 2 is 2.00 bits per heavy atom. The van der Waals surface area contributed by atoms with Crippen LogP contribution in [0.2, 0.25) is 0 Å². The Morgan fingerprint density at radius 1 is 1.31 bits per heavy atom. The lowest BCUT2D eigenvalue weighted by atomic mass is 9.92. The van der Waals surface area contributed by atoms with Crippen molar-refractivity contribution in [2.75, 3.05) is 0 Å². The first-order chi connectivity index (χ1) is 7.38. The maximum atomic E-state index is 11.9. The van der Waals surface area contributed by atoms with E-state index < -0.39 is 0 Å². The van der Waals surface area contributed by atoms with Crippen LogP contribution in [0.25, 0.3) is 5.65 Å². The normalized spacial score (nSPS) is 12.0. The largest absolute Gasteiger partial charge is 0.269 e. The smallest absolute Gasteiger partial charge is 0.258 e. The Hall–Kier alpha value is -1.16. The van der Waals surface area contributed by atoms with Crippen molar-refractivity contribution in [3.05, 3.63) is 44.9 Å². The van der Waals surface area contributed by atoms with Crippen LogP contribution >= 0.6 is 15.9 Å². The highest BCUT2D eigenvalue weighted by Crippen LogP contribution is 2.19. The molecule has 0 aliphatic rings. The Balaban J connectivity index is 2.79. The summed E-state index contributed by atoms with van der Waals surface area (Å²) in [5.74, 6) is 0. The van der Waals surface area contributed by atoms with Gasteiger partial charge in [-0.1, -0.05) is 20.8 Å². The van der Waals surface area contributed by atoms with Gasteiger partial charge in [-0.15, -0.1) is 0 Å². The predicted octanol–water partition coefficient (Wildman–Crippen LogP) is 2.75. The lowest BCUT2D eigenvalue weighted by molar-refractivity contribution is 0.567. The van der Waals surface area contributed by atoms with Crippen LogP contribution in [0.3, 0.4) is 0 Å². The average Bonchev–Trinajstić information content (AvgIpc) is 2.17. The summed E-state index contributed by atoms with van der Waals surface area (Å²) in [6.45, 7) is 6.14. The summed E-state index contributed by atoms with van der Waals surface area (Å²) in [5.41, 5.74) is 1.35. The van der Waals surface area contributed by atoms with Crippen molar-refractivity contribution >= 4 is 21.6 Å². The molecule has 4 heteroatoms. The van der Waals surface area contributed by atoms with Gasteiger partial charge in [0.15, 0.2) is 0 Å². The van der Waals surface area contributed by atoms with E-state index in [1.54, 1.807) is 16.7 Å². The first kappa shape index (κ1) is 11.3. The van der Waals surface area contributed by atoms with Gasteiger partial charge in [-0.3, -0.25) is 9.20 Å². The zero-order chi connectivity index (χ0) is 11.9. The van der Waals surface area contributed by atoms with Crippen LogP contribution in [0.4, 0.5) is 0 Å². The summed E-state index contributed by atoms with van der Waals surface area (Å²) in [6.07, 6.45) is 1.73. The van der Waals surface area contributed by atoms with E-state index in [1.807, 2.05) is 32.9 Å². The van der Waals surface area contributed by atoms with Crippen LogP contribution in [-0.2, 0) is 5.41 Å². The quantitative estimate of drug-likeness (QED) is 0.744. The molecule has 0 aliphatic carbocycles. The fourth-order valence-corrected chi connectivity index (χ4v) is 1.80. The summed E-state index contributed by atoms with van der Waals surface area (Å²) in [7, 11) is 0. The van der Waals surface area contributed by atoms with E-state index in [-0.39, 0.29) is 11.0 Å². The Morgan fingerprint density at radius 3 is 2.62 bits per heavy atom. The third kappa shape index (κ3) is 2.02. The van der Waals surface area contributed by atoms with Gasteiger partial charge in [0.2, 0.25) is 0 Å².